The number of carbonyl (C=O) groups excluding carboxylic acids is 1. The van der Waals surface area contributed by atoms with E-state index in [2.05, 4.69) is 0 Å². The second-order valence-electron chi connectivity index (χ2n) is 5.86. The Morgan fingerprint density at radius 3 is 2.59 bits per heavy atom. The standard InChI is InChI=1S/C17H22Cl2O3/c1-22-12-4-2-6-15(20)17(16(21)7-3-5-12)13-9-8-11(18)10-14(13)19/h8-10,12,15,17,20H,2-7H2,1H3. The Kier molecular flexibility index (Phi) is 6.69. The lowest BCUT2D eigenvalue weighted by Gasteiger charge is -2.26. The molecular weight excluding hydrogens is 323 g/mol. The third-order valence-corrected chi connectivity index (χ3v) is 4.90. The number of rotatable bonds is 2. The Hall–Kier alpha value is -0.610. The van der Waals surface area contributed by atoms with Crippen LogP contribution in [0.3, 0.4) is 0 Å². The Morgan fingerprint density at radius 2 is 1.91 bits per heavy atom. The summed E-state index contributed by atoms with van der Waals surface area (Å²) in [5.74, 6) is -0.530. The Bertz CT molecular complexity index is 519. The maximum Gasteiger partial charge on any atom is 0.142 e. The van der Waals surface area contributed by atoms with Crippen LogP contribution in [0.5, 0.6) is 0 Å². The molecule has 2 rings (SSSR count). The smallest absolute Gasteiger partial charge is 0.142 e. The molecule has 0 amide bonds. The molecule has 3 atom stereocenters. The van der Waals surface area contributed by atoms with Gasteiger partial charge in [-0.3, -0.25) is 4.79 Å². The first-order valence-electron chi connectivity index (χ1n) is 7.71. The summed E-state index contributed by atoms with van der Waals surface area (Å²) in [5.41, 5.74) is 0.674. The van der Waals surface area contributed by atoms with Crippen molar-refractivity contribution in [2.45, 2.75) is 56.7 Å². The lowest BCUT2D eigenvalue weighted by molar-refractivity contribution is -0.123. The molecule has 1 aromatic rings. The average molecular weight is 345 g/mol. The lowest BCUT2D eigenvalue weighted by Crippen LogP contribution is -2.28. The Balaban J connectivity index is 2.22. The fourth-order valence-electron chi connectivity index (χ4n) is 3.11. The minimum Gasteiger partial charge on any atom is -0.392 e. The van der Waals surface area contributed by atoms with E-state index in [1.54, 1.807) is 25.3 Å². The number of ketones is 1. The van der Waals surface area contributed by atoms with Gasteiger partial charge in [-0.1, -0.05) is 29.3 Å². The van der Waals surface area contributed by atoms with E-state index in [1.165, 1.54) is 0 Å². The number of halogens is 2. The zero-order chi connectivity index (χ0) is 16.1. The van der Waals surface area contributed by atoms with Crippen LogP contribution in [0.4, 0.5) is 0 Å². The fourth-order valence-corrected chi connectivity index (χ4v) is 3.64. The van der Waals surface area contributed by atoms with E-state index in [9.17, 15) is 9.90 Å². The van der Waals surface area contributed by atoms with Gasteiger partial charge in [0.15, 0.2) is 0 Å². The zero-order valence-electron chi connectivity index (χ0n) is 12.7. The predicted octanol–water partition coefficient (Wildman–Crippen LogP) is 4.38. The summed E-state index contributed by atoms with van der Waals surface area (Å²) >= 11 is 12.2. The Morgan fingerprint density at radius 1 is 1.18 bits per heavy atom. The molecule has 0 radical (unpaired) electrons. The van der Waals surface area contributed by atoms with Crippen LogP contribution in [0.2, 0.25) is 10.0 Å². The predicted molar refractivity (Wildman–Crippen MR) is 88.7 cm³/mol. The van der Waals surface area contributed by atoms with Crippen molar-refractivity contribution in [2.75, 3.05) is 7.11 Å². The molecule has 0 aromatic heterocycles. The van der Waals surface area contributed by atoms with E-state index in [4.69, 9.17) is 27.9 Å². The van der Waals surface area contributed by atoms with E-state index in [0.29, 0.717) is 28.5 Å². The monoisotopic (exact) mass is 344 g/mol. The number of carbonyl (C=O) groups is 1. The number of ether oxygens (including phenoxy) is 1. The van der Waals surface area contributed by atoms with Crippen molar-refractivity contribution in [2.24, 2.45) is 0 Å². The average Bonchev–Trinajstić information content (AvgIpc) is 2.47. The third kappa shape index (κ3) is 4.45. The van der Waals surface area contributed by atoms with Crippen molar-refractivity contribution in [1.29, 1.82) is 0 Å². The van der Waals surface area contributed by atoms with Crippen LogP contribution >= 0.6 is 23.2 Å². The van der Waals surface area contributed by atoms with Crippen LogP contribution in [0.1, 0.15) is 50.0 Å². The van der Waals surface area contributed by atoms with Crippen molar-refractivity contribution in [3.05, 3.63) is 33.8 Å². The molecule has 1 aromatic carbocycles. The first-order valence-corrected chi connectivity index (χ1v) is 8.47. The molecule has 3 nitrogen and oxygen atoms in total. The molecule has 0 heterocycles. The first-order chi connectivity index (χ1) is 10.5. The summed E-state index contributed by atoms with van der Waals surface area (Å²) in [5, 5.41) is 11.5. The molecule has 22 heavy (non-hydrogen) atoms. The van der Waals surface area contributed by atoms with E-state index >= 15 is 0 Å². The van der Waals surface area contributed by atoms with E-state index < -0.39 is 12.0 Å². The van der Waals surface area contributed by atoms with Gasteiger partial charge in [0, 0.05) is 23.6 Å². The normalized spacial score (nSPS) is 27.6. The second kappa shape index (κ2) is 8.30. The number of aliphatic hydroxyl groups is 1. The number of hydrogen-bond donors (Lipinski definition) is 1. The van der Waals surface area contributed by atoms with Crippen LogP contribution in [0.25, 0.3) is 0 Å². The molecule has 1 fully saturated rings. The SMILES string of the molecule is COC1CCCC(=O)C(c2ccc(Cl)cc2Cl)C(O)CCC1. The molecule has 1 saturated carbocycles. The first kappa shape index (κ1) is 17.7. The van der Waals surface area contributed by atoms with Gasteiger partial charge in [0.1, 0.15) is 5.78 Å². The van der Waals surface area contributed by atoms with Crippen LogP contribution in [-0.4, -0.2) is 30.2 Å². The van der Waals surface area contributed by atoms with Gasteiger partial charge in [0.2, 0.25) is 0 Å². The second-order valence-corrected chi connectivity index (χ2v) is 6.70. The number of Topliss-reactive ketones (excluding diaryl/α,β-unsaturated/α-hetero) is 1. The number of aliphatic hydroxyl groups excluding tert-OH is 1. The van der Waals surface area contributed by atoms with Crippen molar-refractivity contribution < 1.29 is 14.6 Å². The van der Waals surface area contributed by atoms with Gasteiger partial charge in [-0.15, -0.1) is 0 Å². The molecule has 5 heteroatoms. The molecule has 0 spiro atoms. The minimum absolute atomic E-state index is 0.0356. The maximum atomic E-state index is 12.6. The van der Waals surface area contributed by atoms with Gasteiger partial charge < -0.3 is 9.84 Å². The summed E-state index contributed by atoms with van der Waals surface area (Å²) in [6.07, 6.45) is 3.83. The zero-order valence-corrected chi connectivity index (χ0v) is 14.2. The maximum absolute atomic E-state index is 12.6. The highest BCUT2D eigenvalue weighted by molar-refractivity contribution is 6.35. The van der Waals surface area contributed by atoms with Crippen molar-refractivity contribution >= 4 is 29.0 Å². The van der Waals surface area contributed by atoms with Gasteiger partial charge >= 0.3 is 0 Å². The van der Waals surface area contributed by atoms with Crippen molar-refractivity contribution in [3.63, 3.8) is 0 Å². The van der Waals surface area contributed by atoms with Gasteiger partial charge in [0.25, 0.3) is 0 Å². The number of benzene rings is 1. The minimum atomic E-state index is -0.721. The largest absolute Gasteiger partial charge is 0.392 e. The molecular formula is C17H22Cl2O3. The molecule has 3 unspecified atom stereocenters. The summed E-state index contributed by atoms with van der Waals surface area (Å²) in [7, 11) is 1.70. The molecule has 0 bridgehead atoms. The van der Waals surface area contributed by atoms with Gasteiger partial charge in [0.05, 0.1) is 18.1 Å². The lowest BCUT2D eigenvalue weighted by atomic mass is 9.83. The fraction of sp³-hybridized carbons (Fsp3) is 0.588. The highest BCUT2D eigenvalue weighted by Crippen LogP contribution is 2.34. The summed E-state index contributed by atoms with van der Waals surface area (Å²) in [4.78, 5) is 12.6. The van der Waals surface area contributed by atoms with Crippen LogP contribution in [0.15, 0.2) is 18.2 Å². The molecule has 0 aliphatic heterocycles. The number of methoxy groups -OCH3 is 1. The highest BCUT2D eigenvalue weighted by atomic mass is 35.5. The molecule has 122 valence electrons. The number of hydrogen-bond acceptors (Lipinski definition) is 3. The van der Waals surface area contributed by atoms with Gasteiger partial charge in [-0.05, 0) is 49.8 Å². The molecule has 1 aliphatic carbocycles. The topological polar surface area (TPSA) is 46.5 Å². The van der Waals surface area contributed by atoms with E-state index in [0.717, 1.165) is 25.7 Å². The van der Waals surface area contributed by atoms with E-state index in [1.807, 2.05) is 0 Å². The molecule has 1 aliphatic rings. The summed E-state index contributed by atoms with van der Waals surface area (Å²) in [6.45, 7) is 0. The quantitative estimate of drug-likeness (QED) is 0.865. The molecule has 1 N–H and O–H groups in total. The summed E-state index contributed by atoms with van der Waals surface area (Å²) < 4.78 is 5.41. The molecule has 0 saturated heterocycles. The van der Waals surface area contributed by atoms with Crippen molar-refractivity contribution in [1.82, 2.24) is 0 Å². The van der Waals surface area contributed by atoms with Crippen LogP contribution in [0, 0.1) is 0 Å². The Labute approximate surface area is 141 Å². The van der Waals surface area contributed by atoms with Crippen LogP contribution < -0.4 is 0 Å². The van der Waals surface area contributed by atoms with Crippen LogP contribution in [-0.2, 0) is 9.53 Å². The highest BCUT2D eigenvalue weighted by Gasteiger charge is 2.30. The van der Waals surface area contributed by atoms with Gasteiger partial charge in [-0.25, -0.2) is 0 Å². The third-order valence-electron chi connectivity index (χ3n) is 4.34. The van der Waals surface area contributed by atoms with E-state index in [-0.39, 0.29) is 11.9 Å². The van der Waals surface area contributed by atoms with Gasteiger partial charge in [-0.2, -0.15) is 0 Å². The van der Waals surface area contributed by atoms with Crippen molar-refractivity contribution in [3.8, 4) is 0 Å². The summed E-state index contributed by atoms with van der Waals surface area (Å²) in [6, 6.07) is 5.08.